The molecule has 3 N–H and O–H groups in total. The molecule has 0 unspecified atom stereocenters. The van der Waals surface area contributed by atoms with Gasteiger partial charge in [0.25, 0.3) is 5.91 Å². The van der Waals surface area contributed by atoms with E-state index in [1.807, 2.05) is 13.8 Å². The van der Waals surface area contributed by atoms with E-state index in [1.165, 1.54) is 15.8 Å². The number of amides is 2. The SMILES string of the molecule is CCCNC(=O)CN(CCC)C(=O)c1c(N)cnn1C. The van der Waals surface area contributed by atoms with Crippen LogP contribution in [-0.2, 0) is 11.8 Å². The number of carbonyl (C=O) groups is 2. The number of aryl methyl sites for hydroxylation is 1. The average molecular weight is 281 g/mol. The van der Waals surface area contributed by atoms with E-state index in [4.69, 9.17) is 5.73 Å². The van der Waals surface area contributed by atoms with Gasteiger partial charge in [-0.25, -0.2) is 0 Å². The second kappa shape index (κ2) is 7.52. The molecule has 0 fully saturated rings. The monoisotopic (exact) mass is 281 g/mol. The van der Waals surface area contributed by atoms with E-state index in [0.29, 0.717) is 24.5 Å². The second-order valence-electron chi connectivity index (χ2n) is 4.65. The molecule has 0 aliphatic carbocycles. The van der Waals surface area contributed by atoms with Crippen molar-refractivity contribution in [3.63, 3.8) is 0 Å². The van der Waals surface area contributed by atoms with E-state index in [9.17, 15) is 9.59 Å². The van der Waals surface area contributed by atoms with E-state index >= 15 is 0 Å². The van der Waals surface area contributed by atoms with Gasteiger partial charge in [-0.15, -0.1) is 0 Å². The first-order chi connectivity index (χ1) is 9.51. The van der Waals surface area contributed by atoms with Crippen LogP contribution in [0.15, 0.2) is 6.20 Å². The average Bonchev–Trinajstić information content (AvgIpc) is 2.74. The lowest BCUT2D eigenvalue weighted by Crippen LogP contribution is -2.42. The van der Waals surface area contributed by atoms with Gasteiger partial charge in [0, 0.05) is 20.1 Å². The molecular formula is C13H23N5O2. The van der Waals surface area contributed by atoms with Crippen molar-refractivity contribution in [1.29, 1.82) is 0 Å². The summed E-state index contributed by atoms with van der Waals surface area (Å²) in [5.74, 6) is -0.426. The molecule has 1 aromatic heterocycles. The zero-order chi connectivity index (χ0) is 15.1. The summed E-state index contributed by atoms with van der Waals surface area (Å²) in [5.41, 5.74) is 6.40. The highest BCUT2D eigenvalue weighted by atomic mass is 16.2. The lowest BCUT2D eigenvalue weighted by molar-refractivity contribution is -0.121. The van der Waals surface area contributed by atoms with Crippen LogP contribution < -0.4 is 11.1 Å². The fourth-order valence-electron chi connectivity index (χ4n) is 1.88. The number of nitrogens with zero attached hydrogens (tertiary/aromatic N) is 3. The van der Waals surface area contributed by atoms with Gasteiger partial charge in [-0.3, -0.25) is 14.3 Å². The number of anilines is 1. The minimum Gasteiger partial charge on any atom is -0.396 e. The first kappa shape index (κ1) is 16.0. The van der Waals surface area contributed by atoms with Crippen LogP contribution >= 0.6 is 0 Å². The van der Waals surface area contributed by atoms with Crippen LogP contribution in [0.25, 0.3) is 0 Å². The van der Waals surface area contributed by atoms with Crippen LogP contribution in [0.3, 0.4) is 0 Å². The number of hydrogen-bond donors (Lipinski definition) is 2. The molecule has 2 amide bonds. The van der Waals surface area contributed by atoms with Crippen molar-refractivity contribution < 1.29 is 9.59 Å². The van der Waals surface area contributed by atoms with Crippen molar-refractivity contribution in [3.8, 4) is 0 Å². The van der Waals surface area contributed by atoms with Crippen molar-refractivity contribution in [2.45, 2.75) is 26.7 Å². The van der Waals surface area contributed by atoms with Crippen LogP contribution in [-0.4, -0.2) is 46.1 Å². The number of nitrogens with one attached hydrogen (secondary N) is 1. The number of carbonyl (C=O) groups excluding carboxylic acids is 2. The molecule has 0 aliphatic heterocycles. The van der Waals surface area contributed by atoms with Gasteiger partial charge >= 0.3 is 0 Å². The van der Waals surface area contributed by atoms with Crippen molar-refractivity contribution in [2.24, 2.45) is 7.05 Å². The van der Waals surface area contributed by atoms with Crippen molar-refractivity contribution in [2.75, 3.05) is 25.4 Å². The Morgan fingerprint density at radius 2 is 2.10 bits per heavy atom. The minimum absolute atomic E-state index is 0.0390. The zero-order valence-electron chi connectivity index (χ0n) is 12.3. The van der Waals surface area contributed by atoms with Crippen molar-refractivity contribution >= 4 is 17.5 Å². The normalized spacial score (nSPS) is 10.3. The lowest BCUT2D eigenvalue weighted by Gasteiger charge is -2.21. The number of rotatable bonds is 7. The van der Waals surface area contributed by atoms with Gasteiger partial charge in [0.15, 0.2) is 0 Å². The molecule has 1 rings (SSSR count). The highest BCUT2D eigenvalue weighted by molar-refractivity contribution is 5.99. The minimum atomic E-state index is -0.268. The molecule has 0 saturated carbocycles. The van der Waals surface area contributed by atoms with Crippen LogP contribution in [0.4, 0.5) is 5.69 Å². The van der Waals surface area contributed by atoms with Gasteiger partial charge in [0.05, 0.1) is 18.4 Å². The van der Waals surface area contributed by atoms with E-state index in [2.05, 4.69) is 10.4 Å². The Morgan fingerprint density at radius 3 is 2.60 bits per heavy atom. The van der Waals surface area contributed by atoms with E-state index in [1.54, 1.807) is 7.05 Å². The third-order valence-electron chi connectivity index (χ3n) is 2.86. The number of nitrogens with two attached hydrogens (primary N) is 1. The summed E-state index contributed by atoms with van der Waals surface area (Å²) < 4.78 is 1.43. The van der Waals surface area contributed by atoms with Gasteiger partial charge in [-0.05, 0) is 12.8 Å². The maximum Gasteiger partial charge on any atom is 0.274 e. The van der Waals surface area contributed by atoms with Crippen LogP contribution in [0, 0.1) is 0 Å². The van der Waals surface area contributed by atoms with Gasteiger partial charge in [-0.2, -0.15) is 5.10 Å². The molecule has 112 valence electrons. The first-order valence-corrected chi connectivity index (χ1v) is 6.84. The Hall–Kier alpha value is -2.05. The molecule has 1 aromatic rings. The van der Waals surface area contributed by atoms with Crippen molar-refractivity contribution in [3.05, 3.63) is 11.9 Å². The molecule has 0 saturated heterocycles. The maximum absolute atomic E-state index is 12.5. The maximum atomic E-state index is 12.5. The number of aromatic nitrogens is 2. The summed E-state index contributed by atoms with van der Waals surface area (Å²) in [7, 11) is 1.66. The molecule has 1 heterocycles. The molecule has 0 atom stereocenters. The fourth-order valence-corrected chi connectivity index (χ4v) is 1.88. The molecule has 0 aliphatic rings. The third kappa shape index (κ3) is 3.97. The second-order valence-corrected chi connectivity index (χ2v) is 4.65. The highest BCUT2D eigenvalue weighted by Crippen LogP contribution is 2.12. The highest BCUT2D eigenvalue weighted by Gasteiger charge is 2.23. The topological polar surface area (TPSA) is 93.2 Å². The zero-order valence-corrected chi connectivity index (χ0v) is 12.3. The van der Waals surface area contributed by atoms with E-state index in [-0.39, 0.29) is 18.4 Å². The smallest absolute Gasteiger partial charge is 0.274 e. The third-order valence-corrected chi connectivity index (χ3v) is 2.86. The van der Waals surface area contributed by atoms with E-state index < -0.39 is 0 Å². The van der Waals surface area contributed by atoms with Crippen LogP contribution in [0.1, 0.15) is 37.2 Å². The van der Waals surface area contributed by atoms with E-state index in [0.717, 1.165) is 12.8 Å². The molecule has 0 bridgehead atoms. The molecule has 0 radical (unpaired) electrons. The first-order valence-electron chi connectivity index (χ1n) is 6.84. The predicted octanol–water partition coefficient (Wildman–Crippen LogP) is 0.381. The Bertz CT molecular complexity index is 450. The summed E-state index contributed by atoms with van der Waals surface area (Å²) in [4.78, 5) is 25.7. The Morgan fingerprint density at radius 1 is 1.40 bits per heavy atom. The molecule has 7 heteroatoms. The lowest BCUT2D eigenvalue weighted by atomic mass is 10.3. The van der Waals surface area contributed by atoms with Gasteiger partial charge in [0.2, 0.25) is 5.91 Å². The Kier molecular flexibility index (Phi) is 6.02. The Labute approximate surface area is 119 Å². The summed E-state index contributed by atoms with van der Waals surface area (Å²) in [5, 5.41) is 6.72. The van der Waals surface area contributed by atoms with Gasteiger partial charge in [0.1, 0.15) is 5.69 Å². The van der Waals surface area contributed by atoms with Gasteiger partial charge in [-0.1, -0.05) is 13.8 Å². The number of hydrogen-bond acceptors (Lipinski definition) is 4. The fraction of sp³-hybridized carbons (Fsp3) is 0.615. The molecule has 0 aromatic carbocycles. The van der Waals surface area contributed by atoms with Gasteiger partial charge < -0.3 is 16.0 Å². The summed E-state index contributed by atoms with van der Waals surface area (Å²) in [6, 6.07) is 0. The quantitative estimate of drug-likeness (QED) is 0.755. The molecule has 20 heavy (non-hydrogen) atoms. The standard InChI is InChI=1S/C13H23N5O2/c1-4-6-15-11(19)9-18(7-5-2)13(20)12-10(14)8-16-17(12)3/h8H,4-7,9,14H2,1-3H3,(H,15,19). The molecule has 7 nitrogen and oxygen atoms in total. The largest absolute Gasteiger partial charge is 0.396 e. The number of nitrogen functional groups attached to an aromatic ring is 1. The van der Waals surface area contributed by atoms with Crippen LogP contribution in [0.2, 0.25) is 0 Å². The van der Waals surface area contributed by atoms with Crippen molar-refractivity contribution in [1.82, 2.24) is 20.0 Å². The molecule has 0 spiro atoms. The summed E-state index contributed by atoms with van der Waals surface area (Å²) in [6.07, 6.45) is 3.07. The van der Waals surface area contributed by atoms with Crippen LogP contribution in [0.5, 0.6) is 0 Å². The Balaban J connectivity index is 2.80. The summed E-state index contributed by atoms with van der Waals surface area (Å²) in [6.45, 7) is 5.09. The predicted molar refractivity (Wildman–Crippen MR) is 77.1 cm³/mol. The molecular weight excluding hydrogens is 258 g/mol. The summed E-state index contributed by atoms with van der Waals surface area (Å²) >= 11 is 0.